The molecule has 0 aromatic heterocycles. The molecule has 1 atom stereocenters. The summed E-state index contributed by atoms with van der Waals surface area (Å²) >= 11 is 0. The van der Waals surface area contributed by atoms with E-state index in [1.54, 1.807) is 25.1 Å². The number of carbonyl (C=O) groups is 2. The smallest absolute Gasteiger partial charge is 0.328 e. The van der Waals surface area contributed by atoms with Crippen molar-refractivity contribution >= 4 is 27.6 Å². The summed E-state index contributed by atoms with van der Waals surface area (Å²) in [5, 5.41) is 0. The van der Waals surface area contributed by atoms with E-state index < -0.39 is 22.0 Å². The van der Waals surface area contributed by atoms with E-state index >= 15 is 0 Å². The van der Waals surface area contributed by atoms with E-state index in [0.29, 0.717) is 48.9 Å². The summed E-state index contributed by atoms with van der Waals surface area (Å²) in [4.78, 5) is 26.9. The molecule has 0 saturated carbocycles. The summed E-state index contributed by atoms with van der Waals surface area (Å²) in [6.07, 6.45) is 2.24. The first-order valence-corrected chi connectivity index (χ1v) is 12.4. The number of nitrogens with one attached hydrogen (secondary N) is 1. The van der Waals surface area contributed by atoms with E-state index in [1.807, 2.05) is 0 Å². The Morgan fingerprint density at radius 3 is 2.52 bits per heavy atom. The van der Waals surface area contributed by atoms with Crippen molar-refractivity contribution in [3.63, 3.8) is 0 Å². The molecule has 1 N–H and O–H groups in total. The number of amides is 1. The van der Waals surface area contributed by atoms with E-state index in [1.165, 1.54) is 29.2 Å². The predicted molar refractivity (Wildman–Crippen MR) is 120 cm³/mol. The molecule has 1 unspecified atom stereocenters. The Bertz CT molecular complexity index is 1130. The number of likely N-dealkylation sites (tertiary alicyclic amines) is 1. The van der Waals surface area contributed by atoms with E-state index in [-0.39, 0.29) is 17.4 Å². The van der Waals surface area contributed by atoms with Gasteiger partial charge in [0, 0.05) is 23.9 Å². The first-order valence-electron chi connectivity index (χ1n) is 10.9. The number of benzene rings is 2. The van der Waals surface area contributed by atoms with Crippen LogP contribution in [0.4, 0.5) is 5.69 Å². The second kappa shape index (κ2) is 9.70. The summed E-state index contributed by atoms with van der Waals surface area (Å²) in [6, 6.07) is 9.95. The van der Waals surface area contributed by atoms with E-state index in [4.69, 9.17) is 14.2 Å². The Labute approximate surface area is 192 Å². The molecule has 2 aliphatic heterocycles. The van der Waals surface area contributed by atoms with Gasteiger partial charge in [-0.3, -0.25) is 9.52 Å². The molecule has 33 heavy (non-hydrogen) atoms. The van der Waals surface area contributed by atoms with Gasteiger partial charge in [0.25, 0.3) is 15.9 Å². The Hall–Kier alpha value is -3.27. The van der Waals surface area contributed by atoms with Crippen LogP contribution in [-0.2, 0) is 19.6 Å². The van der Waals surface area contributed by atoms with Crippen molar-refractivity contribution in [2.45, 2.75) is 37.1 Å². The van der Waals surface area contributed by atoms with Gasteiger partial charge in [-0.1, -0.05) is 0 Å². The average molecular weight is 475 g/mol. The van der Waals surface area contributed by atoms with Gasteiger partial charge in [0.1, 0.15) is 19.3 Å². The van der Waals surface area contributed by atoms with Crippen LogP contribution in [0.5, 0.6) is 11.5 Å². The third-order valence-electron chi connectivity index (χ3n) is 5.53. The molecule has 1 amide bonds. The summed E-state index contributed by atoms with van der Waals surface area (Å²) < 4.78 is 44.1. The lowest BCUT2D eigenvalue weighted by atomic mass is 10.0. The number of rotatable bonds is 6. The molecule has 0 aliphatic carbocycles. The lowest BCUT2D eigenvalue weighted by Gasteiger charge is -2.34. The molecule has 2 aromatic carbocycles. The number of carbonyl (C=O) groups excluding carboxylic acids is 2. The molecule has 9 nitrogen and oxygen atoms in total. The Morgan fingerprint density at radius 1 is 1.06 bits per heavy atom. The van der Waals surface area contributed by atoms with Crippen molar-refractivity contribution in [2.75, 3.05) is 31.1 Å². The first kappa shape index (κ1) is 22.9. The number of anilines is 1. The highest BCUT2D eigenvalue weighted by Gasteiger charge is 2.33. The molecule has 10 heteroatoms. The van der Waals surface area contributed by atoms with Crippen molar-refractivity contribution < 1.29 is 32.2 Å². The van der Waals surface area contributed by atoms with Crippen molar-refractivity contribution in [1.29, 1.82) is 0 Å². The largest absolute Gasteiger partial charge is 0.486 e. The third-order valence-corrected chi connectivity index (χ3v) is 6.91. The normalized spacial score (nSPS) is 17.8. The van der Waals surface area contributed by atoms with Crippen LogP contribution in [-0.4, -0.2) is 57.6 Å². The number of fused-ring (bicyclic) bond motifs is 1. The van der Waals surface area contributed by atoms with Gasteiger partial charge in [-0.2, -0.15) is 0 Å². The van der Waals surface area contributed by atoms with Gasteiger partial charge in [-0.15, -0.1) is 0 Å². The molecular weight excluding hydrogens is 448 g/mol. The predicted octanol–water partition coefficient (Wildman–Crippen LogP) is 2.82. The number of sulfonamides is 1. The van der Waals surface area contributed by atoms with Gasteiger partial charge in [0.2, 0.25) is 0 Å². The summed E-state index contributed by atoms with van der Waals surface area (Å²) in [7, 11) is -3.87. The quantitative estimate of drug-likeness (QED) is 0.641. The summed E-state index contributed by atoms with van der Waals surface area (Å²) in [5.41, 5.74) is 0.676. The van der Waals surface area contributed by atoms with Crippen LogP contribution >= 0.6 is 0 Å². The number of nitrogens with zero attached hydrogens (tertiary/aromatic N) is 1. The first-order chi connectivity index (χ1) is 15.9. The van der Waals surface area contributed by atoms with Crippen LogP contribution in [0, 0.1) is 0 Å². The topological polar surface area (TPSA) is 111 Å². The number of esters is 1. The maximum absolute atomic E-state index is 13.0. The number of hydrogen-bond donors (Lipinski definition) is 1. The second-order valence-corrected chi connectivity index (χ2v) is 9.43. The molecular formula is C23H26N2O7S. The van der Waals surface area contributed by atoms with E-state index in [0.717, 1.165) is 12.8 Å². The van der Waals surface area contributed by atoms with Gasteiger partial charge in [0.15, 0.2) is 11.5 Å². The molecule has 4 rings (SSSR count). The molecule has 1 fully saturated rings. The van der Waals surface area contributed by atoms with Gasteiger partial charge in [0.05, 0.1) is 11.5 Å². The molecule has 0 spiro atoms. The maximum Gasteiger partial charge on any atom is 0.328 e. The summed E-state index contributed by atoms with van der Waals surface area (Å²) in [6.45, 7) is 3.24. The minimum absolute atomic E-state index is 0.0394. The van der Waals surface area contributed by atoms with Crippen molar-refractivity contribution in [2.24, 2.45) is 0 Å². The molecule has 176 valence electrons. The van der Waals surface area contributed by atoms with Gasteiger partial charge < -0.3 is 19.1 Å². The van der Waals surface area contributed by atoms with Crippen LogP contribution in [0.2, 0.25) is 0 Å². The van der Waals surface area contributed by atoms with Crippen LogP contribution < -0.4 is 14.2 Å². The fourth-order valence-electron chi connectivity index (χ4n) is 3.91. The van der Waals surface area contributed by atoms with E-state index in [9.17, 15) is 18.0 Å². The molecule has 0 bridgehead atoms. The SMILES string of the molecule is CCOC(=O)C1CCCCN1C(=O)c1ccc(NS(=O)(=O)c2ccc3c(c2)OCCO3)cc1. The van der Waals surface area contributed by atoms with Crippen LogP contribution in [0.3, 0.4) is 0 Å². The van der Waals surface area contributed by atoms with Crippen LogP contribution in [0.1, 0.15) is 36.5 Å². The van der Waals surface area contributed by atoms with Gasteiger partial charge in [-0.25, -0.2) is 13.2 Å². The minimum atomic E-state index is -3.87. The standard InChI is InChI=1S/C23H26N2O7S/c1-2-30-23(27)19-5-3-4-12-25(19)22(26)16-6-8-17(9-7-16)24-33(28,29)18-10-11-20-21(15-18)32-14-13-31-20/h6-11,15,19,24H,2-5,12-14H2,1H3. The number of ether oxygens (including phenoxy) is 3. The highest BCUT2D eigenvalue weighted by Crippen LogP contribution is 2.32. The third kappa shape index (κ3) is 5.05. The van der Waals surface area contributed by atoms with Crippen molar-refractivity contribution in [3.8, 4) is 11.5 Å². The zero-order chi connectivity index (χ0) is 23.4. The number of hydrogen-bond acceptors (Lipinski definition) is 7. The Kier molecular flexibility index (Phi) is 6.73. The molecule has 2 aliphatic rings. The van der Waals surface area contributed by atoms with Crippen LogP contribution in [0.15, 0.2) is 47.4 Å². The molecule has 1 saturated heterocycles. The van der Waals surface area contributed by atoms with E-state index in [2.05, 4.69) is 4.72 Å². The molecule has 0 radical (unpaired) electrons. The van der Waals surface area contributed by atoms with Crippen molar-refractivity contribution in [1.82, 2.24) is 4.90 Å². The van der Waals surface area contributed by atoms with Gasteiger partial charge in [-0.05, 0) is 62.6 Å². The zero-order valence-electron chi connectivity index (χ0n) is 18.3. The molecule has 2 aromatic rings. The Morgan fingerprint density at radius 2 is 1.79 bits per heavy atom. The van der Waals surface area contributed by atoms with Gasteiger partial charge >= 0.3 is 5.97 Å². The average Bonchev–Trinajstić information content (AvgIpc) is 2.83. The van der Waals surface area contributed by atoms with Crippen LogP contribution in [0.25, 0.3) is 0 Å². The monoisotopic (exact) mass is 474 g/mol. The number of piperidine rings is 1. The van der Waals surface area contributed by atoms with Crippen molar-refractivity contribution in [3.05, 3.63) is 48.0 Å². The zero-order valence-corrected chi connectivity index (χ0v) is 19.1. The summed E-state index contributed by atoms with van der Waals surface area (Å²) in [5.74, 6) is 0.202. The second-order valence-electron chi connectivity index (χ2n) is 7.75. The minimum Gasteiger partial charge on any atom is -0.486 e. The lowest BCUT2D eigenvalue weighted by Crippen LogP contribution is -2.48. The fourth-order valence-corrected chi connectivity index (χ4v) is 4.98. The highest BCUT2D eigenvalue weighted by molar-refractivity contribution is 7.92. The lowest BCUT2D eigenvalue weighted by molar-refractivity contribution is -0.149. The maximum atomic E-state index is 13.0. The fraction of sp³-hybridized carbons (Fsp3) is 0.391. The Balaban J connectivity index is 1.47. The molecule has 2 heterocycles. The highest BCUT2D eigenvalue weighted by atomic mass is 32.2.